The zero-order valence-corrected chi connectivity index (χ0v) is 14.4. The average molecular weight is 400 g/mol. The van der Waals surface area contributed by atoms with Crippen molar-refractivity contribution in [2.75, 3.05) is 13.2 Å². The Labute approximate surface area is 136 Å². The predicted molar refractivity (Wildman–Crippen MR) is 88.6 cm³/mol. The number of aryl methyl sites for hydroxylation is 1. The van der Waals surface area contributed by atoms with Crippen LogP contribution in [-0.2, 0) is 0 Å². The number of hydrogen-bond donors (Lipinski definition) is 0. The molecule has 0 heterocycles. The van der Waals surface area contributed by atoms with Gasteiger partial charge in [0.05, 0.1) is 22.2 Å². The number of ether oxygens (including phenoxy) is 2. The van der Waals surface area contributed by atoms with Crippen LogP contribution < -0.4 is 9.47 Å². The highest BCUT2D eigenvalue weighted by atomic mass is 79.9. The van der Waals surface area contributed by atoms with Crippen LogP contribution in [0.5, 0.6) is 11.5 Å². The van der Waals surface area contributed by atoms with E-state index in [2.05, 4.69) is 38.8 Å². The highest BCUT2D eigenvalue weighted by Crippen LogP contribution is 2.26. The Hall–Kier alpha value is -1.000. The van der Waals surface area contributed by atoms with E-state index in [1.165, 1.54) is 5.56 Å². The van der Waals surface area contributed by atoms with Crippen LogP contribution in [0.4, 0.5) is 0 Å². The summed E-state index contributed by atoms with van der Waals surface area (Å²) in [5.74, 6) is 1.74. The lowest BCUT2D eigenvalue weighted by Crippen LogP contribution is -2.05. The molecule has 2 aromatic carbocycles. The molecule has 2 rings (SSSR count). The van der Waals surface area contributed by atoms with Crippen LogP contribution in [0.2, 0.25) is 0 Å². The summed E-state index contributed by atoms with van der Waals surface area (Å²) in [6.45, 7) is 3.32. The molecule has 0 aromatic heterocycles. The van der Waals surface area contributed by atoms with E-state index in [-0.39, 0.29) is 0 Å². The Bertz CT molecular complexity index is 570. The number of hydrogen-bond acceptors (Lipinski definition) is 2. The SMILES string of the molecule is Cc1ccc(OCCCOc2ccccc2Br)c(Br)c1. The number of rotatable bonds is 6. The third kappa shape index (κ3) is 4.53. The van der Waals surface area contributed by atoms with Gasteiger partial charge in [0.2, 0.25) is 0 Å². The third-order valence-electron chi connectivity index (χ3n) is 2.73. The molecule has 106 valence electrons. The van der Waals surface area contributed by atoms with E-state index in [4.69, 9.17) is 9.47 Å². The molecule has 0 amide bonds. The first-order valence-electron chi connectivity index (χ1n) is 6.43. The summed E-state index contributed by atoms with van der Waals surface area (Å²) in [5, 5.41) is 0. The second-order valence-corrected chi connectivity index (χ2v) is 6.12. The largest absolute Gasteiger partial charge is 0.492 e. The number of benzene rings is 2. The van der Waals surface area contributed by atoms with Crippen molar-refractivity contribution in [3.63, 3.8) is 0 Å². The molecule has 0 fully saturated rings. The molecular formula is C16H16Br2O2. The molecule has 0 N–H and O–H groups in total. The first-order valence-corrected chi connectivity index (χ1v) is 8.01. The first kappa shape index (κ1) is 15.4. The van der Waals surface area contributed by atoms with Crippen LogP contribution in [0.3, 0.4) is 0 Å². The molecule has 0 unspecified atom stereocenters. The molecule has 0 aliphatic carbocycles. The summed E-state index contributed by atoms with van der Waals surface area (Å²) in [4.78, 5) is 0. The summed E-state index contributed by atoms with van der Waals surface area (Å²) >= 11 is 6.96. The predicted octanol–water partition coefficient (Wildman–Crippen LogP) is 5.37. The van der Waals surface area contributed by atoms with E-state index in [0.29, 0.717) is 13.2 Å². The maximum atomic E-state index is 5.72. The van der Waals surface area contributed by atoms with Crippen LogP contribution in [-0.4, -0.2) is 13.2 Å². The van der Waals surface area contributed by atoms with Gasteiger partial charge in [-0.15, -0.1) is 0 Å². The van der Waals surface area contributed by atoms with Gasteiger partial charge >= 0.3 is 0 Å². The second-order valence-electron chi connectivity index (χ2n) is 4.41. The summed E-state index contributed by atoms with van der Waals surface area (Å²) in [6, 6.07) is 13.9. The van der Waals surface area contributed by atoms with E-state index < -0.39 is 0 Å². The molecule has 0 saturated carbocycles. The van der Waals surface area contributed by atoms with Gasteiger partial charge in [-0.3, -0.25) is 0 Å². The van der Waals surface area contributed by atoms with Crippen molar-refractivity contribution in [2.24, 2.45) is 0 Å². The van der Waals surface area contributed by atoms with Crippen LogP contribution in [0, 0.1) is 6.92 Å². The number of para-hydroxylation sites is 1. The topological polar surface area (TPSA) is 18.5 Å². The third-order valence-corrected chi connectivity index (χ3v) is 4.00. The lowest BCUT2D eigenvalue weighted by atomic mass is 10.2. The molecule has 4 heteroatoms. The number of halogens is 2. The fourth-order valence-corrected chi connectivity index (χ4v) is 2.71. The van der Waals surface area contributed by atoms with E-state index in [1.54, 1.807) is 0 Å². The van der Waals surface area contributed by atoms with Crippen LogP contribution in [0.15, 0.2) is 51.4 Å². The van der Waals surface area contributed by atoms with E-state index >= 15 is 0 Å². The van der Waals surface area contributed by atoms with Crippen molar-refractivity contribution in [3.05, 3.63) is 57.0 Å². The molecule has 0 spiro atoms. The maximum Gasteiger partial charge on any atom is 0.133 e. The quantitative estimate of drug-likeness (QED) is 0.608. The molecule has 20 heavy (non-hydrogen) atoms. The molecule has 0 atom stereocenters. The van der Waals surface area contributed by atoms with Crippen molar-refractivity contribution >= 4 is 31.9 Å². The monoisotopic (exact) mass is 398 g/mol. The van der Waals surface area contributed by atoms with Crippen LogP contribution in [0.25, 0.3) is 0 Å². The van der Waals surface area contributed by atoms with E-state index in [1.807, 2.05) is 42.5 Å². The highest BCUT2D eigenvalue weighted by Gasteiger charge is 2.02. The normalized spacial score (nSPS) is 10.3. The zero-order chi connectivity index (χ0) is 14.4. The minimum Gasteiger partial charge on any atom is -0.492 e. The van der Waals surface area contributed by atoms with Gasteiger partial charge in [-0.25, -0.2) is 0 Å². The smallest absolute Gasteiger partial charge is 0.133 e. The van der Waals surface area contributed by atoms with E-state index in [9.17, 15) is 0 Å². The first-order chi connectivity index (χ1) is 9.66. The van der Waals surface area contributed by atoms with Gasteiger partial charge in [0, 0.05) is 6.42 Å². The molecule has 0 aliphatic heterocycles. The Morgan fingerprint density at radius 2 is 1.50 bits per heavy atom. The van der Waals surface area contributed by atoms with Crippen LogP contribution in [0.1, 0.15) is 12.0 Å². The lowest BCUT2D eigenvalue weighted by molar-refractivity contribution is 0.246. The Balaban J connectivity index is 1.73. The Morgan fingerprint density at radius 3 is 2.15 bits per heavy atom. The van der Waals surface area contributed by atoms with Gasteiger partial charge in [0.15, 0.2) is 0 Å². The summed E-state index contributed by atoms with van der Waals surface area (Å²) < 4.78 is 13.4. The van der Waals surface area contributed by atoms with Crippen molar-refractivity contribution in [1.29, 1.82) is 0 Å². The molecular weight excluding hydrogens is 384 g/mol. The molecule has 2 aromatic rings. The summed E-state index contributed by atoms with van der Waals surface area (Å²) in [6.07, 6.45) is 0.835. The minimum absolute atomic E-state index is 0.631. The van der Waals surface area contributed by atoms with Gasteiger partial charge in [-0.2, -0.15) is 0 Å². The molecule has 0 aliphatic rings. The van der Waals surface area contributed by atoms with Gasteiger partial charge in [0.25, 0.3) is 0 Å². The molecule has 0 bridgehead atoms. The van der Waals surface area contributed by atoms with Gasteiger partial charge in [0.1, 0.15) is 11.5 Å². The fraction of sp³-hybridized carbons (Fsp3) is 0.250. The fourth-order valence-electron chi connectivity index (χ4n) is 1.71. The Morgan fingerprint density at radius 1 is 0.850 bits per heavy atom. The summed E-state index contributed by atoms with van der Waals surface area (Å²) in [7, 11) is 0. The summed E-state index contributed by atoms with van der Waals surface area (Å²) in [5.41, 5.74) is 1.21. The molecule has 0 radical (unpaired) electrons. The minimum atomic E-state index is 0.631. The van der Waals surface area contributed by atoms with Crippen molar-refractivity contribution in [1.82, 2.24) is 0 Å². The molecule has 2 nitrogen and oxygen atoms in total. The van der Waals surface area contributed by atoms with Gasteiger partial charge < -0.3 is 9.47 Å². The van der Waals surface area contributed by atoms with Gasteiger partial charge in [-0.05, 0) is 68.6 Å². The second kappa shape index (κ2) is 7.70. The van der Waals surface area contributed by atoms with Gasteiger partial charge in [-0.1, -0.05) is 18.2 Å². The maximum absolute atomic E-state index is 5.72. The zero-order valence-electron chi connectivity index (χ0n) is 11.2. The van der Waals surface area contributed by atoms with Crippen molar-refractivity contribution in [2.45, 2.75) is 13.3 Å². The van der Waals surface area contributed by atoms with Crippen molar-refractivity contribution in [3.8, 4) is 11.5 Å². The highest BCUT2D eigenvalue weighted by molar-refractivity contribution is 9.10. The average Bonchev–Trinajstić information content (AvgIpc) is 2.42. The Kier molecular flexibility index (Phi) is 5.92. The lowest BCUT2D eigenvalue weighted by Gasteiger charge is -2.10. The van der Waals surface area contributed by atoms with Crippen molar-refractivity contribution < 1.29 is 9.47 Å². The van der Waals surface area contributed by atoms with Crippen LogP contribution >= 0.6 is 31.9 Å². The van der Waals surface area contributed by atoms with E-state index in [0.717, 1.165) is 26.9 Å². The molecule has 0 saturated heterocycles. The standard InChI is InChI=1S/C16H16Br2O2/c1-12-7-8-16(14(18)11-12)20-10-4-9-19-15-6-3-2-5-13(15)17/h2-3,5-8,11H,4,9-10H2,1H3.